The van der Waals surface area contributed by atoms with E-state index in [0.29, 0.717) is 12.5 Å². The van der Waals surface area contributed by atoms with E-state index in [0.717, 1.165) is 32.2 Å². The molecule has 1 unspecified atom stereocenters. The largest absolute Gasteiger partial charge is 0.378 e. The van der Waals surface area contributed by atoms with E-state index in [1.54, 1.807) is 0 Å². The third-order valence-electron chi connectivity index (χ3n) is 2.12. The third kappa shape index (κ3) is 3.51. The summed E-state index contributed by atoms with van der Waals surface area (Å²) in [5.74, 6) is 0. The lowest BCUT2D eigenvalue weighted by Gasteiger charge is -2.06. The Kier molecular flexibility index (Phi) is 4.21. The average Bonchev–Trinajstić information content (AvgIpc) is 2.50. The van der Waals surface area contributed by atoms with Crippen LogP contribution in [0.2, 0.25) is 0 Å². The molecule has 0 spiro atoms. The highest BCUT2D eigenvalue weighted by Crippen LogP contribution is 2.17. The van der Waals surface area contributed by atoms with Crippen molar-refractivity contribution in [2.24, 2.45) is 0 Å². The molecule has 1 aliphatic heterocycles. The zero-order chi connectivity index (χ0) is 7.94. The van der Waals surface area contributed by atoms with Crippen LogP contribution in [0.5, 0.6) is 0 Å². The first kappa shape index (κ1) is 8.72. The standard InChI is InChI=1S/C9H16O2/c10-7-3-1-2-5-9-6-4-8-11-9/h7,9H,1-6,8H2. The van der Waals surface area contributed by atoms with E-state index in [1.165, 1.54) is 12.8 Å². The number of hydrogen-bond donors (Lipinski definition) is 0. The summed E-state index contributed by atoms with van der Waals surface area (Å²) in [5.41, 5.74) is 0. The Morgan fingerprint density at radius 1 is 1.45 bits per heavy atom. The molecule has 0 aliphatic carbocycles. The van der Waals surface area contributed by atoms with E-state index >= 15 is 0 Å². The minimum absolute atomic E-state index is 0.502. The number of carbonyl (C=O) groups is 1. The van der Waals surface area contributed by atoms with Gasteiger partial charge >= 0.3 is 0 Å². The molecule has 1 fully saturated rings. The summed E-state index contributed by atoms with van der Waals surface area (Å²) in [6.07, 6.45) is 7.98. The van der Waals surface area contributed by atoms with Crippen LogP contribution in [0, 0.1) is 0 Å². The number of hydrogen-bond acceptors (Lipinski definition) is 2. The molecule has 1 heterocycles. The molecule has 1 aliphatic rings. The van der Waals surface area contributed by atoms with Crippen LogP contribution in [0.25, 0.3) is 0 Å². The van der Waals surface area contributed by atoms with Gasteiger partial charge in [-0.05, 0) is 25.7 Å². The lowest BCUT2D eigenvalue weighted by molar-refractivity contribution is -0.107. The number of unbranched alkanes of at least 4 members (excludes halogenated alkanes) is 2. The molecule has 64 valence electrons. The Balaban J connectivity index is 1.89. The predicted octanol–water partition coefficient (Wildman–Crippen LogP) is 1.92. The molecule has 0 radical (unpaired) electrons. The Hall–Kier alpha value is -0.370. The number of ether oxygens (including phenoxy) is 1. The first-order valence-corrected chi connectivity index (χ1v) is 4.48. The Morgan fingerprint density at radius 2 is 2.36 bits per heavy atom. The van der Waals surface area contributed by atoms with Gasteiger partial charge in [-0.3, -0.25) is 0 Å². The SMILES string of the molecule is O=CCCCCC1CCCO1. The van der Waals surface area contributed by atoms with Crippen molar-refractivity contribution >= 4 is 6.29 Å². The molecule has 0 aromatic carbocycles. The monoisotopic (exact) mass is 156 g/mol. The fourth-order valence-corrected chi connectivity index (χ4v) is 1.47. The predicted molar refractivity (Wildman–Crippen MR) is 43.5 cm³/mol. The second-order valence-electron chi connectivity index (χ2n) is 3.09. The molecule has 2 heteroatoms. The van der Waals surface area contributed by atoms with Crippen molar-refractivity contribution in [1.82, 2.24) is 0 Å². The maximum atomic E-state index is 9.97. The van der Waals surface area contributed by atoms with Crippen molar-refractivity contribution in [3.63, 3.8) is 0 Å². The van der Waals surface area contributed by atoms with Crippen LogP contribution in [0.3, 0.4) is 0 Å². The highest BCUT2D eigenvalue weighted by Gasteiger charge is 2.13. The third-order valence-corrected chi connectivity index (χ3v) is 2.12. The van der Waals surface area contributed by atoms with Crippen LogP contribution < -0.4 is 0 Å². The summed E-state index contributed by atoms with van der Waals surface area (Å²) >= 11 is 0. The summed E-state index contributed by atoms with van der Waals surface area (Å²) < 4.78 is 5.44. The van der Waals surface area contributed by atoms with Crippen LogP contribution in [-0.4, -0.2) is 19.0 Å². The second kappa shape index (κ2) is 5.30. The van der Waals surface area contributed by atoms with Gasteiger partial charge in [0.15, 0.2) is 0 Å². The van der Waals surface area contributed by atoms with Gasteiger partial charge in [-0.15, -0.1) is 0 Å². The average molecular weight is 156 g/mol. The molecule has 0 aromatic heterocycles. The molecule has 11 heavy (non-hydrogen) atoms. The van der Waals surface area contributed by atoms with Gasteiger partial charge in [0.25, 0.3) is 0 Å². The lowest BCUT2D eigenvalue weighted by Crippen LogP contribution is -2.03. The first-order valence-electron chi connectivity index (χ1n) is 4.48. The summed E-state index contributed by atoms with van der Waals surface area (Å²) in [6, 6.07) is 0. The van der Waals surface area contributed by atoms with Crippen molar-refractivity contribution < 1.29 is 9.53 Å². The summed E-state index contributed by atoms with van der Waals surface area (Å²) in [4.78, 5) is 9.97. The Labute approximate surface area is 67.9 Å². The Morgan fingerprint density at radius 3 is 3.00 bits per heavy atom. The zero-order valence-corrected chi connectivity index (χ0v) is 6.92. The highest BCUT2D eigenvalue weighted by atomic mass is 16.5. The molecule has 0 aromatic rings. The van der Waals surface area contributed by atoms with E-state index in [4.69, 9.17) is 4.74 Å². The minimum atomic E-state index is 0.502. The molecular weight excluding hydrogens is 140 g/mol. The minimum Gasteiger partial charge on any atom is -0.378 e. The van der Waals surface area contributed by atoms with Gasteiger partial charge in [0, 0.05) is 13.0 Å². The van der Waals surface area contributed by atoms with Crippen molar-refractivity contribution in [1.29, 1.82) is 0 Å². The maximum absolute atomic E-state index is 9.97. The van der Waals surface area contributed by atoms with Crippen molar-refractivity contribution in [3.05, 3.63) is 0 Å². The van der Waals surface area contributed by atoms with Crippen molar-refractivity contribution in [3.8, 4) is 0 Å². The van der Waals surface area contributed by atoms with Crippen LogP contribution in [0.4, 0.5) is 0 Å². The van der Waals surface area contributed by atoms with Crippen molar-refractivity contribution in [2.45, 2.75) is 44.6 Å². The molecule has 0 bridgehead atoms. The quantitative estimate of drug-likeness (QED) is 0.449. The normalized spacial score (nSPS) is 23.8. The number of aldehydes is 1. The van der Waals surface area contributed by atoms with E-state index in [1.807, 2.05) is 0 Å². The summed E-state index contributed by atoms with van der Waals surface area (Å²) in [7, 11) is 0. The van der Waals surface area contributed by atoms with Gasteiger partial charge < -0.3 is 9.53 Å². The van der Waals surface area contributed by atoms with E-state index in [9.17, 15) is 4.79 Å². The number of carbonyl (C=O) groups excluding carboxylic acids is 1. The second-order valence-corrected chi connectivity index (χ2v) is 3.09. The van der Waals surface area contributed by atoms with Crippen LogP contribution >= 0.6 is 0 Å². The molecule has 2 nitrogen and oxygen atoms in total. The molecule has 1 rings (SSSR count). The first-order chi connectivity index (χ1) is 5.43. The van der Waals surface area contributed by atoms with Gasteiger partial charge in [0.05, 0.1) is 6.10 Å². The van der Waals surface area contributed by atoms with Gasteiger partial charge in [-0.25, -0.2) is 0 Å². The van der Waals surface area contributed by atoms with Crippen molar-refractivity contribution in [2.75, 3.05) is 6.61 Å². The lowest BCUT2D eigenvalue weighted by atomic mass is 10.1. The van der Waals surface area contributed by atoms with Gasteiger partial charge in [-0.1, -0.05) is 6.42 Å². The van der Waals surface area contributed by atoms with Crippen LogP contribution in [0.15, 0.2) is 0 Å². The highest BCUT2D eigenvalue weighted by molar-refractivity contribution is 5.48. The molecular formula is C9H16O2. The molecule has 1 atom stereocenters. The fraction of sp³-hybridized carbons (Fsp3) is 0.889. The van der Waals surface area contributed by atoms with Crippen LogP contribution in [-0.2, 0) is 9.53 Å². The van der Waals surface area contributed by atoms with E-state index < -0.39 is 0 Å². The van der Waals surface area contributed by atoms with Crippen LogP contribution in [0.1, 0.15) is 38.5 Å². The molecule has 0 amide bonds. The topological polar surface area (TPSA) is 26.3 Å². The van der Waals surface area contributed by atoms with Gasteiger partial charge in [0.1, 0.15) is 6.29 Å². The number of rotatable bonds is 5. The summed E-state index contributed by atoms with van der Waals surface area (Å²) in [5, 5.41) is 0. The molecule has 0 N–H and O–H groups in total. The molecule has 0 saturated carbocycles. The Bertz CT molecular complexity index is 106. The van der Waals surface area contributed by atoms with E-state index in [2.05, 4.69) is 0 Å². The maximum Gasteiger partial charge on any atom is 0.119 e. The zero-order valence-electron chi connectivity index (χ0n) is 6.92. The summed E-state index contributed by atoms with van der Waals surface area (Å²) in [6.45, 7) is 0.943. The van der Waals surface area contributed by atoms with E-state index in [-0.39, 0.29) is 0 Å². The fourth-order valence-electron chi connectivity index (χ4n) is 1.47. The van der Waals surface area contributed by atoms with Gasteiger partial charge in [0.2, 0.25) is 0 Å². The molecule has 1 saturated heterocycles. The smallest absolute Gasteiger partial charge is 0.119 e. The van der Waals surface area contributed by atoms with Gasteiger partial charge in [-0.2, -0.15) is 0 Å².